The van der Waals surface area contributed by atoms with Crippen LogP contribution < -0.4 is 5.32 Å². The van der Waals surface area contributed by atoms with Crippen molar-refractivity contribution in [1.82, 2.24) is 14.9 Å². The first kappa shape index (κ1) is 9.98. The van der Waals surface area contributed by atoms with Crippen LogP contribution in [-0.2, 0) is 6.54 Å². The summed E-state index contributed by atoms with van der Waals surface area (Å²) < 4.78 is 17.1. The van der Waals surface area contributed by atoms with Crippen LogP contribution in [0.1, 0.15) is 31.4 Å². The van der Waals surface area contributed by atoms with Crippen LogP contribution in [-0.4, -0.2) is 21.8 Å². The first-order chi connectivity index (χ1) is 6.86. The van der Waals surface area contributed by atoms with E-state index in [0.717, 1.165) is 25.0 Å². The summed E-state index contributed by atoms with van der Waals surface area (Å²) in [6.07, 6.45) is 3.12. The number of nitrogens with one attached hydrogen (secondary N) is 1. The lowest BCUT2D eigenvalue weighted by atomic mass is 9.93. The molecule has 3 nitrogen and oxygen atoms in total. The minimum Gasteiger partial charge on any atom is -0.305 e. The van der Waals surface area contributed by atoms with Crippen molar-refractivity contribution in [2.24, 2.45) is 0 Å². The van der Waals surface area contributed by atoms with Crippen molar-refractivity contribution < 1.29 is 4.39 Å². The molecular formula is C9H14FN3S. The molecule has 2 atom stereocenters. The third kappa shape index (κ3) is 2.48. The lowest BCUT2D eigenvalue weighted by molar-refractivity contribution is 0.188. The molecule has 1 aliphatic carbocycles. The number of nitrogens with zero attached hydrogens (tertiary/aromatic N) is 2. The summed E-state index contributed by atoms with van der Waals surface area (Å²) in [5.74, 6) is 0. The van der Waals surface area contributed by atoms with E-state index >= 15 is 0 Å². The molecule has 78 valence electrons. The average Bonchev–Trinajstić information content (AvgIpc) is 2.69. The SMILES string of the molecule is F[C@@H]1CCCC[C@H]1NCc1csnn1. The minimum atomic E-state index is -0.685. The molecule has 2 rings (SSSR count). The molecule has 5 heteroatoms. The normalized spacial score (nSPS) is 27.8. The molecule has 0 unspecified atom stereocenters. The highest BCUT2D eigenvalue weighted by Crippen LogP contribution is 2.21. The van der Waals surface area contributed by atoms with Gasteiger partial charge in [-0.3, -0.25) is 0 Å². The third-order valence-corrected chi connectivity index (χ3v) is 3.19. The highest BCUT2D eigenvalue weighted by Gasteiger charge is 2.23. The average molecular weight is 215 g/mol. The molecule has 1 fully saturated rings. The summed E-state index contributed by atoms with van der Waals surface area (Å²) in [4.78, 5) is 0. The van der Waals surface area contributed by atoms with Crippen molar-refractivity contribution in [2.75, 3.05) is 0 Å². The second-order valence-corrected chi connectivity index (χ2v) is 4.29. The monoisotopic (exact) mass is 215 g/mol. The van der Waals surface area contributed by atoms with E-state index in [9.17, 15) is 4.39 Å². The Balaban J connectivity index is 1.79. The number of rotatable bonds is 3. The van der Waals surface area contributed by atoms with Crippen LogP contribution in [0.25, 0.3) is 0 Å². The molecule has 0 amide bonds. The van der Waals surface area contributed by atoms with Gasteiger partial charge < -0.3 is 5.32 Å². The van der Waals surface area contributed by atoms with Crippen LogP contribution in [0.5, 0.6) is 0 Å². The predicted molar refractivity (Wildman–Crippen MR) is 53.9 cm³/mol. The largest absolute Gasteiger partial charge is 0.305 e. The molecule has 1 N–H and O–H groups in total. The van der Waals surface area contributed by atoms with Gasteiger partial charge in [0.05, 0.1) is 5.69 Å². The molecule has 1 heterocycles. The first-order valence-electron chi connectivity index (χ1n) is 4.99. The molecule has 0 spiro atoms. The summed E-state index contributed by atoms with van der Waals surface area (Å²) in [7, 11) is 0. The Hall–Kier alpha value is -0.550. The lowest BCUT2D eigenvalue weighted by Gasteiger charge is -2.26. The van der Waals surface area contributed by atoms with Crippen molar-refractivity contribution in [3.63, 3.8) is 0 Å². The zero-order valence-electron chi connectivity index (χ0n) is 7.95. The molecule has 0 aliphatic heterocycles. The van der Waals surface area contributed by atoms with Gasteiger partial charge in [-0.1, -0.05) is 17.3 Å². The number of halogens is 1. The van der Waals surface area contributed by atoms with E-state index < -0.39 is 6.17 Å². The summed E-state index contributed by atoms with van der Waals surface area (Å²) in [6.45, 7) is 0.640. The van der Waals surface area contributed by atoms with Crippen LogP contribution in [0.2, 0.25) is 0 Å². The van der Waals surface area contributed by atoms with Crippen LogP contribution in [0.15, 0.2) is 5.38 Å². The van der Waals surface area contributed by atoms with Crippen LogP contribution in [0, 0.1) is 0 Å². The minimum absolute atomic E-state index is 0.0189. The Kier molecular flexibility index (Phi) is 3.42. The molecule has 1 aromatic rings. The highest BCUT2D eigenvalue weighted by molar-refractivity contribution is 7.03. The van der Waals surface area contributed by atoms with Crippen LogP contribution in [0.3, 0.4) is 0 Å². The quantitative estimate of drug-likeness (QED) is 0.837. The zero-order chi connectivity index (χ0) is 9.80. The maximum Gasteiger partial charge on any atom is 0.115 e. The van der Waals surface area contributed by atoms with Crippen LogP contribution in [0.4, 0.5) is 4.39 Å². The molecule has 0 saturated heterocycles. The first-order valence-corrected chi connectivity index (χ1v) is 5.83. The maximum atomic E-state index is 13.4. The molecular weight excluding hydrogens is 201 g/mol. The fraction of sp³-hybridized carbons (Fsp3) is 0.778. The second-order valence-electron chi connectivity index (χ2n) is 3.68. The van der Waals surface area contributed by atoms with Crippen molar-refractivity contribution in [1.29, 1.82) is 0 Å². The van der Waals surface area contributed by atoms with Gasteiger partial charge in [-0.15, -0.1) is 5.10 Å². The predicted octanol–water partition coefficient (Wildman–Crippen LogP) is 1.91. The molecule has 0 aromatic carbocycles. The van der Waals surface area contributed by atoms with Crippen molar-refractivity contribution in [3.8, 4) is 0 Å². The zero-order valence-corrected chi connectivity index (χ0v) is 8.76. The molecule has 0 radical (unpaired) electrons. The Bertz CT molecular complexity index is 265. The Labute approximate surface area is 86.9 Å². The Morgan fingerprint density at radius 3 is 3.07 bits per heavy atom. The maximum absolute atomic E-state index is 13.4. The van der Waals surface area contributed by atoms with Crippen molar-refractivity contribution >= 4 is 11.5 Å². The summed E-state index contributed by atoms with van der Waals surface area (Å²) >= 11 is 1.33. The van der Waals surface area contributed by atoms with Crippen molar-refractivity contribution in [2.45, 2.75) is 44.4 Å². The van der Waals surface area contributed by atoms with Gasteiger partial charge >= 0.3 is 0 Å². The smallest absolute Gasteiger partial charge is 0.115 e. The lowest BCUT2D eigenvalue weighted by Crippen LogP contribution is -2.39. The number of alkyl halides is 1. The summed E-state index contributed by atoms with van der Waals surface area (Å²) in [6, 6.07) is 0.0189. The van der Waals surface area contributed by atoms with Gasteiger partial charge in [-0.25, -0.2) is 4.39 Å². The van der Waals surface area contributed by atoms with E-state index in [-0.39, 0.29) is 6.04 Å². The molecule has 1 aliphatic rings. The van der Waals surface area contributed by atoms with Gasteiger partial charge in [0.15, 0.2) is 0 Å². The topological polar surface area (TPSA) is 37.8 Å². The van der Waals surface area contributed by atoms with E-state index in [1.807, 2.05) is 5.38 Å². The number of aromatic nitrogens is 2. The van der Waals surface area contributed by atoms with E-state index in [1.54, 1.807) is 0 Å². The summed E-state index contributed by atoms with van der Waals surface area (Å²) in [5, 5.41) is 9.00. The molecule has 1 saturated carbocycles. The van der Waals surface area contributed by atoms with E-state index in [4.69, 9.17) is 0 Å². The van der Waals surface area contributed by atoms with Gasteiger partial charge in [-0.2, -0.15) is 0 Å². The van der Waals surface area contributed by atoms with Crippen LogP contribution >= 0.6 is 11.5 Å². The van der Waals surface area contributed by atoms with E-state index in [0.29, 0.717) is 13.0 Å². The second kappa shape index (κ2) is 4.79. The third-order valence-electron chi connectivity index (χ3n) is 2.63. The fourth-order valence-electron chi connectivity index (χ4n) is 1.81. The van der Waals surface area contributed by atoms with E-state index in [2.05, 4.69) is 14.9 Å². The summed E-state index contributed by atoms with van der Waals surface area (Å²) in [5.41, 5.74) is 0.910. The number of hydrogen-bond donors (Lipinski definition) is 1. The van der Waals surface area contributed by atoms with Gasteiger partial charge in [0.2, 0.25) is 0 Å². The standard InChI is InChI=1S/C9H14FN3S/c10-8-3-1-2-4-9(8)11-5-7-6-14-13-12-7/h6,8-9,11H,1-5H2/t8-,9-/m1/s1. The number of hydrogen-bond acceptors (Lipinski definition) is 4. The van der Waals surface area contributed by atoms with Gasteiger partial charge in [-0.05, 0) is 24.4 Å². The highest BCUT2D eigenvalue weighted by atomic mass is 32.1. The Morgan fingerprint density at radius 1 is 1.50 bits per heavy atom. The van der Waals surface area contributed by atoms with Gasteiger partial charge in [0.25, 0.3) is 0 Å². The molecule has 14 heavy (non-hydrogen) atoms. The molecule has 1 aromatic heterocycles. The van der Waals surface area contributed by atoms with E-state index in [1.165, 1.54) is 11.5 Å². The molecule has 0 bridgehead atoms. The fourth-order valence-corrected chi connectivity index (χ4v) is 2.26. The van der Waals surface area contributed by atoms with Gasteiger partial charge in [0, 0.05) is 18.0 Å². The van der Waals surface area contributed by atoms with Crippen molar-refractivity contribution in [3.05, 3.63) is 11.1 Å². The van der Waals surface area contributed by atoms with Gasteiger partial charge in [0.1, 0.15) is 6.17 Å². The Morgan fingerprint density at radius 2 is 2.36 bits per heavy atom.